The van der Waals surface area contributed by atoms with Crippen molar-refractivity contribution in [2.24, 2.45) is 0 Å². The number of aryl methyl sites for hydroxylation is 1. The van der Waals surface area contributed by atoms with Gasteiger partial charge in [-0.15, -0.1) is 0 Å². The highest BCUT2D eigenvalue weighted by Crippen LogP contribution is 2.17. The Kier molecular flexibility index (Phi) is 3.56. The predicted molar refractivity (Wildman–Crippen MR) is 72.9 cm³/mol. The van der Waals surface area contributed by atoms with E-state index in [1.54, 1.807) is 4.52 Å². The first-order valence-electron chi connectivity index (χ1n) is 6.89. The summed E-state index contributed by atoms with van der Waals surface area (Å²) in [6.45, 7) is 2.85. The first-order valence-corrected chi connectivity index (χ1v) is 6.89. The van der Waals surface area contributed by atoms with Crippen molar-refractivity contribution < 1.29 is 14.6 Å². The Morgan fingerprint density at radius 2 is 2.43 bits per heavy atom. The van der Waals surface area contributed by atoms with Crippen LogP contribution in [0.2, 0.25) is 0 Å². The smallest absolute Gasteiger partial charge is 0.254 e. The summed E-state index contributed by atoms with van der Waals surface area (Å²) in [5.74, 6) is 0.184. The molecule has 112 valence electrons. The van der Waals surface area contributed by atoms with Crippen molar-refractivity contribution in [1.82, 2.24) is 24.9 Å². The monoisotopic (exact) mass is 291 g/mol. The Morgan fingerprint density at radius 3 is 3.14 bits per heavy atom. The average molecular weight is 291 g/mol. The van der Waals surface area contributed by atoms with Crippen molar-refractivity contribution in [2.75, 3.05) is 19.8 Å². The van der Waals surface area contributed by atoms with Gasteiger partial charge in [-0.05, 0) is 6.42 Å². The third-order valence-electron chi connectivity index (χ3n) is 3.65. The molecule has 0 spiro atoms. The molecule has 1 saturated heterocycles. The van der Waals surface area contributed by atoms with Crippen LogP contribution in [0.4, 0.5) is 0 Å². The van der Waals surface area contributed by atoms with E-state index in [2.05, 4.69) is 20.4 Å². The summed E-state index contributed by atoms with van der Waals surface area (Å²) in [6.07, 6.45) is 4.04. The van der Waals surface area contributed by atoms with Gasteiger partial charge in [0.15, 0.2) is 0 Å². The van der Waals surface area contributed by atoms with Gasteiger partial charge in [-0.1, -0.05) is 6.92 Å². The molecule has 1 fully saturated rings. The lowest BCUT2D eigenvalue weighted by Crippen LogP contribution is -2.43. The number of amides is 1. The van der Waals surface area contributed by atoms with Crippen molar-refractivity contribution in [3.63, 3.8) is 0 Å². The number of aliphatic hydroxyl groups is 1. The Hall–Kier alpha value is -2.06. The van der Waals surface area contributed by atoms with Gasteiger partial charge in [-0.3, -0.25) is 4.79 Å². The molecule has 0 aromatic carbocycles. The van der Waals surface area contributed by atoms with Gasteiger partial charge >= 0.3 is 0 Å². The fourth-order valence-corrected chi connectivity index (χ4v) is 2.43. The molecular formula is C13H17N5O3. The third kappa shape index (κ3) is 2.59. The minimum absolute atomic E-state index is 0.157. The number of aromatic nitrogens is 4. The van der Waals surface area contributed by atoms with Gasteiger partial charge in [0.05, 0.1) is 17.9 Å². The summed E-state index contributed by atoms with van der Waals surface area (Å²) in [6, 6.07) is 0. The van der Waals surface area contributed by atoms with Gasteiger partial charge < -0.3 is 15.2 Å². The zero-order chi connectivity index (χ0) is 14.9. The number of rotatable bonds is 4. The lowest BCUT2D eigenvalue weighted by Gasteiger charge is -2.21. The maximum absolute atomic E-state index is 12.3. The molecule has 0 radical (unpaired) electrons. The van der Waals surface area contributed by atoms with E-state index in [0.717, 1.165) is 5.69 Å². The van der Waals surface area contributed by atoms with Crippen LogP contribution in [0.3, 0.4) is 0 Å². The van der Waals surface area contributed by atoms with Crippen LogP contribution >= 0.6 is 0 Å². The zero-order valence-corrected chi connectivity index (χ0v) is 11.7. The molecule has 2 N–H and O–H groups in total. The topological polar surface area (TPSA) is 102 Å². The van der Waals surface area contributed by atoms with Crippen LogP contribution in [0, 0.1) is 0 Å². The molecule has 1 aliphatic heterocycles. The zero-order valence-electron chi connectivity index (χ0n) is 11.7. The molecule has 1 atom stereocenters. The van der Waals surface area contributed by atoms with E-state index in [0.29, 0.717) is 30.8 Å². The van der Waals surface area contributed by atoms with Gasteiger partial charge in [-0.2, -0.15) is 10.1 Å². The summed E-state index contributed by atoms with van der Waals surface area (Å²) in [7, 11) is 0. The molecule has 0 aliphatic carbocycles. The van der Waals surface area contributed by atoms with Gasteiger partial charge in [0.1, 0.15) is 11.9 Å². The summed E-state index contributed by atoms with van der Waals surface area (Å²) < 4.78 is 6.71. The highest BCUT2D eigenvalue weighted by molar-refractivity contribution is 5.95. The molecule has 2 aromatic heterocycles. The fraction of sp³-hybridized carbons (Fsp3) is 0.538. The maximum Gasteiger partial charge on any atom is 0.254 e. The molecule has 0 bridgehead atoms. The standard InChI is InChI=1S/C13H17N5O3/c1-2-10-9(5-14-12-16-8-17-18(10)12)11(19)15-6-13(20)3-4-21-7-13/h5,8,20H,2-4,6-7H2,1H3,(H,15,19). The number of hydrogen-bond donors (Lipinski definition) is 2. The minimum Gasteiger partial charge on any atom is -0.386 e. The number of fused-ring (bicyclic) bond motifs is 1. The molecule has 2 aromatic rings. The molecule has 3 rings (SSSR count). The highest BCUT2D eigenvalue weighted by Gasteiger charge is 2.32. The Labute approximate surface area is 121 Å². The maximum atomic E-state index is 12.3. The van der Waals surface area contributed by atoms with E-state index in [4.69, 9.17) is 4.74 Å². The van der Waals surface area contributed by atoms with Crippen molar-refractivity contribution in [2.45, 2.75) is 25.4 Å². The third-order valence-corrected chi connectivity index (χ3v) is 3.65. The van der Waals surface area contributed by atoms with Gasteiger partial charge in [0, 0.05) is 25.8 Å². The second-order valence-corrected chi connectivity index (χ2v) is 5.15. The Balaban J connectivity index is 1.80. The highest BCUT2D eigenvalue weighted by atomic mass is 16.5. The largest absolute Gasteiger partial charge is 0.386 e. The van der Waals surface area contributed by atoms with Crippen LogP contribution in [0.1, 0.15) is 29.4 Å². The molecule has 3 heterocycles. The van der Waals surface area contributed by atoms with E-state index in [1.807, 2.05) is 6.92 Å². The van der Waals surface area contributed by atoms with E-state index < -0.39 is 5.60 Å². The summed E-state index contributed by atoms with van der Waals surface area (Å²) in [4.78, 5) is 20.4. The second kappa shape index (κ2) is 5.38. The fourth-order valence-electron chi connectivity index (χ4n) is 2.43. The van der Waals surface area contributed by atoms with Crippen LogP contribution < -0.4 is 5.32 Å². The molecule has 1 aliphatic rings. The Morgan fingerprint density at radius 1 is 1.57 bits per heavy atom. The summed E-state index contributed by atoms with van der Waals surface area (Å²) in [5.41, 5.74) is 0.204. The van der Waals surface area contributed by atoms with Crippen molar-refractivity contribution in [1.29, 1.82) is 0 Å². The van der Waals surface area contributed by atoms with Gasteiger partial charge in [0.2, 0.25) is 0 Å². The van der Waals surface area contributed by atoms with Crippen molar-refractivity contribution >= 4 is 11.7 Å². The van der Waals surface area contributed by atoms with Gasteiger partial charge in [0.25, 0.3) is 11.7 Å². The molecule has 1 amide bonds. The number of nitrogens with zero attached hydrogens (tertiary/aromatic N) is 4. The van der Waals surface area contributed by atoms with Gasteiger partial charge in [-0.25, -0.2) is 9.50 Å². The number of carbonyl (C=O) groups is 1. The number of carbonyl (C=O) groups excluding carboxylic acids is 1. The number of hydrogen-bond acceptors (Lipinski definition) is 6. The van der Waals surface area contributed by atoms with Crippen LogP contribution in [0.25, 0.3) is 5.78 Å². The molecule has 8 heteroatoms. The van der Waals surface area contributed by atoms with E-state index in [9.17, 15) is 9.90 Å². The quantitative estimate of drug-likeness (QED) is 0.792. The van der Waals surface area contributed by atoms with Crippen LogP contribution in [0.15, 0.2) is 12.5 Å². The predicted octanol–water partition coefficient (Wildman–Crippen LogP) is -0.432. The number of ether oxygens (including phenoxy) is 1. The molecule has 8 nitrogen and oxygen atoms in total. The first kappa shape index (κ1) is 13.9. The van der Waals surface area contributed by atoms with E-state index in [1.165, 1.54) is 12.5 Å². The lowest BCUT2D eigenvalue weighted by molar-refractivity contribution is 0.0264. The van der Waals surface area contributed by atoms with Crippen LogP contribution in [-0.4, -0.2) is 56.0 Å². The summed E-state index contributed by atoms with van der Waals surface area (Å²) >= 11 is 0. The van der Waals surface area contributed by atoms with Crippen molar-refractivity contribution in [3.8, 4) is 0 Å². The van der Waals surface area contributed by atoms with Crippen LogP contribution in [-0.2, 0) is 11.2 Å². The number of nitrogens with one attached hydrogen (secondary N) is 1. The van der Waals surface area contributed by atoms with E-state index >= 15 is 0 Å². The second-order valence-electron chi connectivity index (χ2n) is 5.15. The van der Waals surface area contributed by atoms with E-state index in [-0.39, 0.29) is 19.1 Å². The lowest BCUT2D eigenvalue weighted by atomic mass is 10.0. The molecule has 0 saturated carbocycles. The van der Waals surface area contributed by atoms with Crippen molar-refractivity contribution in [3.05, 3.63) is 23.8 Å². The van der Waals surface area contributed by atoms with Crippen LogP contribution in [0.5, 0.6) is 0 Å². The SMILES string of the molecule is CCc1c(C(=O)NCC2(O)CCOC2)cnc2ncnn12. The average Bonchev–Trinajstić information content (AvgIpc) is 3.12. The molecular weight excluding hydrogens is 274 g/mol. The normalized spacial score (nSPS) is 21.8. The minimum atomic E-state index is -0.979. The molecule has 1 unspecified atom stereocenters. The first-order chi connectivity index (χ1) is 10.1. The summed E-state index contributed by atoms with van der Waals surface area (Å²) in [5, 5.41) is 17.0. The Bertz CT molecular complexity index is 663. The molecule has 21 heavy (non-hydrogen) atoms.